The average molecular weight is 164 g/mol. The van der Waals surface area contributed by atoms with Crippen molar-refractivity contribution in [3.63, 3.8) is 0 Å². The van der Waals surface area contributed by atoms with E-state index in [1.54, 1.807) is 7.11 Å². The van der Waals surface area contributed by atoms with Gasteiger partial charge in [-0.2, -0.15) is 0 Å². The molecule has 0 aliphatic carbocycles. The topological polar surface area (TPSA) is 33.0 Å². The third kappa shape index (κ3) is 3.03. The predicted molar refractivity (Wildman–Crippen MR) is 48.9 cm³/mol. The summed E-state index contributed by atoms with van der Waals surface area (Å²) >= 11 is 0. The monoisotopic (exact) mass is 164 g/mol. The second kappa shape index (κ2) is 4.91. The Morgan fingerprint density at radius 1 is 1.33 bits per heavy atom. The number of rotatable bonds is 4. The second-order valence-corrected chi connectivity index (χ2v) is 2.84. The van der Waals surface area contributed by atoms with Crippen LogP contribution in [-0.4, -0.2) is 19.8 Å². The first-order valence-electron chi connectivity index (χ1n) is 4.07. The SMILES string of the molecule is COCC([NH])Cc1ccccc1. The van der Waals surface area contributed by atoms with Crippen LogP contribution in [-0.2, 0) is 11.2 Å². The smallest absolute Gasteiger partial charge is 0.0632 e. The number of ether oxygens (including phenoxy) is 1. The lowest BCUT2D eigenvalue weighted by Crippen LogP contribution is -2.18. The number of nitrogens with one attached hydrogen (secondary N) is 1. The minimum Gasteiger partial charge on any atom is -0.383 e. The summed E-state index contributed by atoms with van der Waals surface area (Å²) in [6, 6.07) is 9.91. The molecule has 1 rings (SSSR count). The molecule has 0 aliphatic rings. The van der Waals surface area contributed by atoms with Crippen LogP contribution in [0.5, 0.6) is 0 Å². The summed E-state index contributed by atoms with van der Waals surface area (Å²) in [7, 11) is 1.63. The zero-order valence-corrected chi connectivity index (χ0v) is 7.29. The summed E-state index contributed by atoms with van der Waals surface area (Å²) in [5.41, 5.74) is 8.79. The van der Waals surface area contributed by atoms with Crippen LogP contribution >= 0.6 is 0 Å². The fourth-order valence-electron chi connectivity index (χ4n) is 1.16. The highest BCUT2D eigenvalue weighted by Crippen LogP contribution is 2.02. The number of hydrogen-bond acceptors (Lipinski definition) is 1. The quantitative estimate of drug-likeness (QED) is 0.664. The number of hydrogen-bond donors (Lipinski definition) is 0. The Morgan fingerprint density at radius 2 is 2.00 bits per heavy atom. The Balaban J connectivity index is 2.41. The highest BCUT2D eigenvalue weighted by Gasteiger charge is 2.02. The van der Waals surface area contributed by atoms with Crippen LogP contribution in [0.1, 0.15) is 5.56 Å². The van der Waals surface area contributed by atoms with Crippen molar-refractivity contribution < 1.29 is 4.74 Å². The highest BCUT2D eigenvalue weighted by molar-refractivity contribution is 5.15. The van der Waals surface area contributed by atoms with Gasteiger partial charge in [-0.3, -0.25) is 5.73 Å². The van der Waals surface area contributed by atoms with Gasteiger partial charge < -0.3 is 4.74 Å². The van der Waals surface area contributed by atoms with E-state index < -0.39 is 0 Å². The van der Waals surface area contributed by atoms with Gasteiger partial charge in [0.25, 0.3) is 0 Å². The van der Waals surface area contributed by atoms with Crippen LogP contribution < -0.4 is 5.73 Å². The van der Waals surface area contributed by atoms with E-state index in [1.807, 2.05) is 30.3 Å². The van der Waals surface area contributed by atoms with Gasteiger partial charge in [-0.05, 0) is 12.0 Å². The van der Waals surface area contributed by atoms with E-state index in [0.29, 0.717) is 6.61 Å². The maximum absolute atomic E-state index is 7.58. The summed E-state index contributed by atoms with van der Waals surface area (Å²) in [6.07, 6.45) is 0.772. The van der Waals surface area contributed by atoms with E-state index >= 15 is 0 Å². The fraction of sp³-hybridized carbons (Fsp3) is 0.400. The first kappa shape index (κ1) is 9.23. The summed E-state index contributed by atoms with van der Waals surface area (Å²) in [4.78, 5) is 0. The summed E-state index contributed by atoms with van der Waals surface area (Å²) in [5.74, 6) is 0. The molecule has 2 heteroatoms. The van der Waals surface area contributed by atoms with Gasteiger partial charge in [0, 0.05) is 13.2 Å². The van der Waals surface area contributed by atoms with Crippen LogP contribution in [0.2, 0.25) is 0 Å². The lowest BCUT2D eigenvalue weighted by atomic mass is 10.1. The molecule has 0 heterocycles. The van der Waals surface area contributed by atoms with E-state index in [2.05, 4.69) is 0 Å². The maximum Gasteiger partial charge on any atom is 0.0632 e. The molecular weight excluding hydrogens is 150 g/mol. The first-order chi connectivity index (χ1) is 5.83. The van der Waals surface area contributed by atoms with Crippen molar-refractivity contribution in [2.75, 3.05) is 13.7 Å². The lowest BCUT2D eigenvalue weighted by molar-refractivity contribution is 0.178. The van der Waals surface area contributed by atoms with Crippen LogP contribution in [0.4, 0.5) is 0 Å². The molecule has 1 atom stereocenters. The molecule has 0 aliphatic heterocycles. The molecule has 1 aromatic rings. The number of benzene rings is 1. The van der Waals surface area contributed by atoms with E-state index in [0.717, 1.165) is 6.42 Å². The average Bonchev–Trinajstić information content (AvgIpc) is 2.06. The van der Waals surface area contributed by atoms with Gasteiger partial charge in [0.1, 0.15) is 0 Å². The normalized spacial score (nSPS) is 12.8. The zero-order valence-electron chi connectivity index (χ0n) is 7.29. The summed E-state index contributed by atoms with van der Waals surface area (Å²) in [6.45, 7) is 0.509. The lowest BCUT2D eigenvalue weighted by Gasteiger charge is -2.08. The van der Waals surface area contributed by atoms with Crippen molar-refractivity contribution in [3.05, 3.63) is 35.9 Å². The van der Waals surface area contributed by atoms with Crippen molar-refractivity contribution in [3.8, 4) is 0 Å². The van der Waals surface area contributed by atoms with Gasteiger partial charge in [-0.15, -0.1) is 0 Å². The molecule has 1 radical (unpaired) electrons. The second-order valence-electron chi connectivity index (χ2n) is 2.84. The Morgan fingerprint density at radius 3 is 2.58 bits per heavy atom. The van der Waals surface area contributed by atoms with Gasteiger partial charge in [0.2, 0.25) is 0 Å². The van der Waals surface area contributed by atoms with Gasteiger partial charge >= 0.3 is 0 Å². The minimum absolute atomic E-state index is 0.141. The van der Waals surface area contributed by atoms with E-state index in [-0.39, 0.29) is 6.04 Å². The van der Waals surface area contributed by atoms with Gasteiger partial charge in [-0.25, -0.2) is 0 Å². The molecule has 2 nitrogen and oxygen atoms in total. The Labute approximate surface area is 73.3 Å². The van der Waals surface area contributed by atoms with Crippen LogP contribution in [0.15, 0.2) is 30.3 Å². The third-order valence-electron chi connectivity index (χ3n) is 1.69. The van der Waals surface area contributed by atoms with Crippen molar-refractivity contribution in [2.45, 2.75) is 12.5 Å². The van der Waals surface area contributed by atoms with Gasteiger partial charge in [0.15, 0.2) is 0 Å². The largest absolute Gasteiger partial charge is 0.383 e. The molecule has 1 N–H and O–H groups in total. The molecule has 0 fully saturated rings. The molecule has 0 aromatic heterocycles. The Bertz CT molecular complexity index is 210. The molecule has 1 unspecified atom stereocenters. The molecule has 0 bridgehead atoms. The van der Waals surface area contributed by atoms with Crippen molar-refractivity contribution in [1.29, 1.82) is 0 Å². The van der Waals surface area contributed by atoms with Crippen LogP contribution in [0.3, 0.4) is 0 Å². The molecule has 0 spiro atoms. The maximum atomic E-state index is 7.58. The predicted octanol–water partition coefficient (Wildman–Crippen LogP) is 1.53. The van der Waals surface area contributed by atoms with Gasteiger partial charge in [-0.1, -0.05) is 30.3 Å². The molecule has 0 amide bonds. The highest BCUT2D eigenvalue weighted by atomic mass is 16.5. The Kier molecular flexibility index (Phi) is 3.77. The Hall–Kier alpha value is -0.860. The fourth-order valence-corrected chi connectivity index (χ4v) is 1.16. The molecule has 12 heavy (non-hydrogen) atoms. The molecule has 1 aromatic carbocycles. The standard InChI is InChI=1S/C10H14NO/c1-12-8-10(11)7-9-5-3-2-4-6-9/h2-6,10-11H,7-8H2,1H3. The summed E-state index contributed by atoms with van der Waals surface area (Å²) < 4.78 is 4.89. The number of methoxy groups -OCH3 is 1. The third-order valence-corrected chi connectivity index (χ3v) is 1.69. The molecule has 0 saturated heterocycles. The minimum atomic E-state index is -0.141. The van der Waals surface area contributed by atoms with E-state index in [1.165, 1.54) is 5.56 Å². The van der Waals surface area contributed by atoms with E-state index in [4.69, 9.17) is 10.5 Å². The van der Waals surface area contributed by atoms with Crippen LogP contribution in [0, 0.1) is 0 Å². The van der Waals surface area contributed by atoms with Crippen molar-refractivity contribution in [2.24, 2.45) is 0 Å². The van der Waals surface area contributed by atoms with Crippen molar-refractivity contribution >= 4 is 0 Å². The summed E-state index contributed by atoms with van der Waals surface area (Å²) in [5, 5.41) is 0. The van der Waals surface area contributed by atoms with E-state index in [9.17, 15) is 0 Å². The first-order valence-corrected chi connectivity index (χ1v) is 4.07. The molecular formula is C10H14NO. The van der Waals surface area contributed by atoms with Crippen molar-refractivity contribution in [1.82, 2.24) is 5.73 Å². The van der Waals surface area contributed by atoms with Gasteiger partial charge in [0.05, 0.1) is 6.61 Å². The molecule has 65 valence electrons. The van der Waals surface area contributed by atoms with Crippen LogP contribution in [0.25, 0.3) is 0 Å². The molecule has 0 saturated carbocycles. The zero-order chi connectivity index (χ0) is 8.81.